The second-order valence-corrected chi connectivity index (χ2v) is 4.69. The summed E-state index contributed by atoms with van der Waals surface area (Å²) in [4.78, 5) is 22.5. The molecule has 0 fully saturated rings. The number of aromatic carboxylic acids is 1. The largest absolute Gasteiger partial charge is 0.476 e. The standard InChI is InChI=1S/C12H8BrFN2O3/c1-6-5-16(15-10(11(6)17)12(18)19)7-2-3-8(13)9(14)4-7/h2-5H,1H3,(H,18,19). The van der Waals surface area contributed by atoms with Crippen LogP contribution in [0.4, 0.5) is 4.39 Å². The lowest BCUT2D eigenvalue weighted by Crippen LogP contribution is -2.23. The molecule has 19 heavy (non-hydrogen) atoms. The molecule has 0 spiro atoms. The first-order chi connectivity index (χ1) is 8.90. The average molecular weight is 327 g/mol. The summed E-state index contributed by atoms with van der Waals surface area (Å²) in [5, 5.41) is 12.6. The van der Waals surface area contributed by atoms with Gasteiger partial charge in [-0.2, -0.15) is 5.10 Å². The molecule has 98 valence electrons. The minimum atomic E-state index is -1.42. The van der Waals surface area contributed by atoms with Crippen molar-refractivity contribution < 1.29 is 14.3 Å². The molecule has 1 aromatic carbocycles. The molecule has 0 saturated heterocycles. The van der Waals surface area contributed by atoms with Gasteiger partial charge in [0.05, 0.1) is 10.2 Å². The molecule has 1 aromatic heterocycles. The molecule has 0 saturated carbocycles. The second kappa shape index (κ2) is 4.93. The van der Waals surface area contributed by atoms with Crippen LogP contribution in [0.3, 0.4) is 0 Å². The molecule has 0 bridgehead atoms. The normalized spacial score (nSPS) is 10.5. The molecular formula is C12H8BrFN2O3. The van der Waals surface area contributed by atoms with Gasteiger partial charge in [0, 0.05) is 17.8 Å². The third kappa shape index (κ3) is 2.55. The van der Waals surface area contributed by atoms with E-state index in [0.717, 1.165) is 4.68 Å². The predicted octanol–water partition coefficient (Wildman–Crippen LogP) is 2.14. The fourth-order valence-electron chi connectivity index (χ4n) is 1.51. The number of carbonyl (C=O) groups is 1. The van der Waals surface area contributed by atoms with Crippen LogP contribution >= 0.6 is 15.9 Å². The summed E-state index contributed by atoms with van der Waals surface area (Å²) in [6, 6.07) is 4.21. The molecule has 1 N–H and O–H groups in total. The number of carboxylic acids is 1. The summed E-state index contributed by atoms with van der Waals surface area (Å²) >= 11 is 3.02. The van der Waals surface area contributed by atoms with Crippen LogP contribution < -0.4 is 5.43 Å². The maximum absolute atomic E-state index is 13.4. The van der Waals surface area contributed by atoms with Crippen molar-refractivity contribution in [3.63, 3.8) is 0 Å². The summed E-state index contributed by atoms with van der Waals surface area (Å²) in [7, 11) is 0. The Morgan fingerprint density at radius 3 is 2.74 bits per heavy atom. The predicted molar refractivity (Wildman–Crippen MR) is 69.2 cm³/mol. The molecule has 0 aliphatic heterocycles. The summed E-state index contributed by atoms with van der Waals surface area (Å²) in [5.74, 6) is -1.92. The molecule has 0 atom stereocenters. The van der Waals surface area contributed by atoms with Crippen molar-refractivity contribution in [3.8, 4) is 5.69 Å². The molecule has 2 rings (SSSR count). The van der Waals surface area contributed by atoms with Gasteiger partial charge in [0.25, 0.3) is 0 Å². The zero-order valence-electron chi connectivity index (χ0n) is 9.72. The van der Waals surface area contributed by atoms with Crippen LogP contribution in [-0.4, -0.2) is 20.9 Å². The summed E-state index contributed by atoms with van der Waals surface area (Å²) < 4.78 is 14.9. The fraction of sp³-hybridized carbons (Fsp3) is 0.0833. The average Bonchev–Trinajstić information content (AvgIpc) is 2.35. The molecule has 0 radical (unpaired) electrons. The van der Waals surface area contributed by atoms with Crippen molar-refractivity contribution >= 4 is 21.9 Å². The quantitative estimate of drug-likeness (QED) is 0.917. The van der Waals surface area contributed by atoms with Gasteiger partial charge in [-0.25, -0.2) is 13.9 Å². The molecule has 7 heteroatoms. The minimum Gasteiger partial charge on any atom is -0.476 e. The second-order valence-electron chi connectivity index (χ2n) is 3.84. The van der Waals surface area contributed by atoms with Crippen LogP contribution in [-0.2, 0) is 0 Å². The minimum absolute atomic E-state index is 0.218. The van der Waals surface area contributed by atoms with Gasteiger partial charge in [0.1, 0.15) is 5.82 Å². The van der Waals surface area contributed by atoms with E-state index in [9.17, 15) is 14.0 Å². The highest BCUT2D eigenvalue weighted by Gasteiger charge is 2.14. The lowest BCUT2D eigenvalue weighted by molar-refractivity contribution is 0.0686. The number of benzene rings is 1. The van der Waals surface area contributed by atoms with E-state index in [-0.39, 0.29) is 10.0 Å². The third-order valence-electron chi connectivity index (χ3n) is 2.47. The maximum atomic E-state index is 13.4. The number of aromatic nitrogens is 2. The highest BCUT2D eigenvalue weighted by atomic mass is 79.9. The molecule has 5 nitrogen and oxygen atoms in total. The molecule has 1 heterocycles. The van der Waals surface area contributed by atoms with Crippen LogP contribution in [0.2, 0.25) is 0 Å². The van der Waals surface area contributed by atoms with E-state index in [4.69, 9.17) is 5.11 Å². The Bertz CT molecular complexity index is 727. The van der Waals surface area contributed by atoms with Gasteiger partial charge in [-0.15, -0.1) is 0 Å². The van der Waals surface area contributed by atoms with Crippen molar-refractivity contribution in [3.05, 3.63) is 56.2 Å². The van der Waals surface area contributed by atoms with Crippen molar-refractivity contribution in [2.24, 2.45) is 0 Å². The van der Waals surface area contributed by atoms with E-state index in [1.165, 1.54) is 25.3 Å². The highest BCUT2D eigenvalue weighted by Crippen LogP contribution is 2.18. The van der Waals surface area contributed by atoms with Gasteiger partial charge in [0.2, 0.25) is 11.1 Å². The number of nitrogens with zero attached hydrogens (tertiary/aromatic N) is 2. The Balaban J connectivity index is 2.66. The first-order valence-corrected chi connectivity index (χ1v) is 5.98. The molecule has 0 aliphatic carbocycles. The van der Waals surface area contributed by atoms with E-state index in [0.29, 0.717) is 5.69 Å². The van der Waals surface area contributed by atoms with E-state index in [2.05, 4.69) is 21.0 Å². The van der Waals surface area contributed by atoms with Gasteiger partial charge >= 0.3 is 5.97 Å². The van der Waals surface area contributed by atoms with Crippen molar-refractivity contribution in [1.29, 1.82) is 0 Å². The summed E-state index contributed by atoms with van der Waals surface area (Å²) in [6.07, 6.45) is 1.36. The molecule has 0 aliphatic rings. The molecule has 0 amide bonds. The van der Waals surface area contributed by atoms with E-state index in [1.807, 2.05) is 0 Å². The summed E-state index contributed by atoms with van der Waals surface area (Å²) in [5.41, 5.74) is -0.702. The van der Waals surface area contributed by atoms with Gasteiger partial charge in [-0.05, 0) is 35.0 Å². The molecular weight excluding hydrogens is 319 g/mol. The number of aryl methyl sites for hydroxylation is 1. The third-order valence-corrected chi connectivity index (χ3v) is 3.11. The Kier molecular flexibility index (Phi) is 3.48. The molecule has 2 aromatic rings. The van der Waals surface area contributed by atoms with E-state index >= 15 is 0 Å². The van der Waals surface area contributed by atoms with Gasteiger partial charge in [-0.1, -0.05) is 0 Å². The molecule has 0 unspecified atom stereocenters. The zero-order valence-corrected chi connectivity index (χ0v) is 11.3. The van der Waals surface area contributed by atoms with Crippen LogP contribution in [0.5, 0.6) is 0 Å². The Labute approximate surface area is 115 Å². The number of carboxylic acid groups (broad SMARTS) is 1. The lowest BCUT2D eigenvalue weighted by Gasteiger charge is -2.08. The van der Waals surface area contributed by atoms with Crippen LogP contribution in [0.15, 0.2) is 33.7 Å². The highest BCUT2D eigenvalue weighted by molar-refractivity contribution is 9.10. The Morgan fingerprint density at radius 2 is 2.16 bits per heavy atom. The van der Waals surface area contributed by atoms with Gasteiger partial charge < -0.3 is 5.11 Å². The summed E-state index contributed by atoms with van der Waals surface area (Å²) in [6.45, 7) is 1.47. The number of rotatable bonds is 2. The van der Waals surface area contributed by atoms with E-state index < -0.39 is 22.9 Å². The maximum Gasteiger partial charge on any atom is 0.360 e. The van der Waals surface area contributed by atoms with Crippen LogP contribution in [0.1, 0.15) is 16.1 Å². The lowest BCUT2D eigenvalue weighted by atomic mass is 10.2. The first kappa shape index (κ1) is 13.4. The Hall–Kier alpha value is -2.02. The zero-order chi connectivity index (χ0) is 14.2. The fourth-order valence-corrected chi connectivity index (χ4v) is 1.76. The smallest absolute Gasteiger partial charge is 0.360 e. The van der Waals surface area contributed by atoms with Crippen LogP contribution in [0.25, 0.3) is 5.69 Å². The topological polar surface area (TPSA) is 72.2 Å². The van der Waals surface area contributed by atoms with Crippen molar-refractivity contribution in [2.45, 2.75) is 6.92 Å². The number of halogens is 2. The Morgan fingerprint density at radius 1 is 1.47 bits per heavy atom. The van der Waals surface area contributed by atoms with E-state index in [1.54, 1.807) is 6.07 Å². The van der Waals surface area contributed by atoms with Gasteiger partial charge in [-0.3, -0.25) is 4.79 Å². The monoisotopic (exact) mass is 326 g/mol. The van der Waals surface area contributed by atoms with Crippen molar-refractivity contribution in [1.82, 2.24) is 9.78 Å². The number of hydrogen-bond donors (Lipinski definition) is 1. The SMILES string of the molecule is Cc1cn(-c2ccc(Br)c(F)c2)nc(C(=O)O)c1=O. The van der Waals surface area contributed by atoms with Crippen LogP contribution in [0, 0.1) is 12.7 Å². The first-order valence-electron chi connectivity index (χ1n) is 5.19. The van der Waals surface area contributed by atoms with Crippen molar-refractivity contribution in [2.75, 3.05) is 0 Å². The number of hydrogen-bond acceptors (Lipinski definition) is 3. The van der Waals surface area contributed by atoms with Gasteiger partial charge in [0.15, 0.2) is 0 Å².